The number of rotatable bonds is 6. The SMILES string of the molecule is CCCCNc1cc(NN)cc([N+](=O)[O-])c1. The van der Waals surface area contributed by atoms with Crippen molar-refractivity contribution in [3.05, 3.63) is 28.3 Å². The first-order valence-electron chi connectivity index (χ1n) is 5.17. The van der Waals surface area contributed by atoms with E-state index in [4.69, 9.17) is 5.84 Å². The second-order valence-electron chi connectivity index (χ2n) is 3.45. The van der Waals surface area contributed by atoms with Gasteiger partial charge in [0.1, 0.15) is 0 Å². The number of hydrogen-bond donors (Lipinski definition) is 3. The van der Waals surface area contributed by atoms with Crippen LogP contribution in [0.3, 0.4) is 0 Å². The molecule has 0 atom stereocenters. The van der Waals surface area contributed by atoms with Crippen molar-refractivity contribution in [3.8, 4) is 0 Å². The highest BCUT2D eigenvalue weighted by molar-refractivity contribution is 5.62. The Morgan fingerprint density at radius 1 is 1.38 bits per heavy atom. The van der Waals surface area contributed by atoms with Gasteiger partial charge < -0.3 is 10.7 Å². The first-order chi connectivity index (χ1) is 7.67. The van der Waals surface area contributed by atoms with Gasteiger partial charge in [-0.25, -0.2) is 0 Å². The van der Waals surface area contributed by atoms with Crippen LogP contribution in [0.1, 0.15) is 19.8 Å². The second kappa shape index (κ2) is 5.92. The van der Waals surface area contributed by atoms with Crippen molar-refractivity contribution in [1.29, 1.82) is 0 Å². The molecule has 0 saturated heterocycles. The molecule has 4 N–H and O–H groups in total. The summed E-state index contributed by atoms with van der Waals surface area (Å²) in [6, 6.07) is 4.63. The second-order valence-corrected chi connectivity index (χ2v) is 3.45. The van der Waals surface area contributed by atoms with Gasteiger partial charge in [-0.15, -0.1) is 0 Å². The smallest absolute Gasteiger partial charge is 0.273 e. The molecule has 0 aromatic heterocycles. The number of hydrazine groups is 1. The molecule has 88 valence electrons. The minimum atomic E-state index is -0.439. The molecule has 6 nitrogen and oxygen atoms in total. The van der Waals surface area contributed by atoms with Gasteiger partial charge in [0, 0.05) is 24.4 Å². The van der Waals surface area contributed by atoms with Gasteiger partial charge >= 0.3 is 0 Å². The highest BCUT2D eigenvalue weighted by Gasteiger charge is 2.08. The fourth-order valence-electron chi connectivity index (χ4n) is 1.31. The van der Waals surface area contributed by atoms with E-state index in [9.17, 15) is 10.1 Å². The summed E-state index contributed by atoms with van der Waals surface area (Å²) in [6.45, 7) is 2.88. The summed E-state index contributed by atoms with van der Waals surface area (Å²) in [6.07, 6.45) is 2.10. The summed E-state index contributed by atoms with van der Waals surface area (Å²) in [7, 11) is 0. The average Bonchev–Trinajstić information content (AvgIpc) is 2.29. The van der Waals surface area contributed by atoms with Crippen molar-refractivity contribution in [1.82, 2.24) is 0 Å². The average molecular weight is 224 g/mol. The lowest BCUT2D eigenvalue weighted by molar-refractivity contribution is -0.384. The molecule has 0 saturated carbocycles. The van der Waals surface area contributed by atoms with Crippen molar-refractivity contribution in [2.45, 2.75) is 19.8 Å². The molecule has 1 aromatic rings. The Bertz CT molecular complexity index is 368. The number of nitro benzene ring substituents is 1. The van der Waals surface area contributed by atoms with E-state index in [1.807, 2.05) is 0 Å². The molecule has 1 aromatic carbocycles. The minimum Gasteiger partial charge on any atom is -0.385 e. The first kappa shape index (κ1) is 12.3. The van der Waals surface area contributed by atoms with Gasteiger partial charge in [0.2, 0.25) is 0 Å². The van der Waals surface area contributed by atoms with Crippen LogP contribution in [0.15, 0.2) is 18.2 Å². The largest absolute Gasteiger partial charge is 0.385 e. The van der Waals surface area contributed by atoms with E-state index in [0.29, 0.717) is 11.4 Å². The quantitative estimate of drug-likeness (QED) is 0.298. The molecule has 16 heavy (non-hydrogen) atoms. The lowest BCUT2D eigenvalue weighted by Crippen LogP contribution is -2.08. The Morgan fingerprint density at radius 2 is 2.06 bits per heavy atom. The Labute approximate surface area is 94.0 Å². The standard InChI is InChI=1S/C10H16N4O2/c1-2-3-4-12-8-5-9(13-11)7-10(6-8)14(15)16/h5-7,12-13H,2-4,11H2,1H3. The van der Waals surface area contributed by atoms with E-state index >= 15 is 0 Å². The molecule has 0 amide bonds. The Kier molecular flexibility index (Phi) is 4.53. The fourth-order valence-corrected chi connectivity index (χ4v) is 1.31. The van der Waals surface area contributed by atoms with Gasteiger partial charge in [-0.3, -0.25) is 16.0 Å². The van der Waals surface area contributed by atoms with Crippen LogP contribution < -0.4 is 16.6 Å². The molecular weight excluding hydrogens is 208 g/mol. The highest BCUT2D eigenvalue weighted by Crippen LogP contribution is 2.23. The van der Waals surface area contributed by atoms with Crippen molar-refractivity contribution >= 4 is 17.1 Å². The fraction of sp³-hybridized carbons (Fsp3) is 0.400. The van der Waals surface area contributed by atoms with E-state index in [2.05, 4.69) is 17.7 Å². The van der Waals surface area contributed by atoms with Gasteiger partial charge in [0.15, 0.2) is 0 Å². The van der Waals surface area contributed by atoms with Gasteiger partial charge in [-0.2, -0.15) is 0 Å². The zero-order chi connectivity index (χ0) is 12.0. The van der Waals surface area contributed by atoms with E-state index in [0.717, 1.165) is 19.4 Å². The van der Waals surface area contributed by atoms with Crippen molar-refractivity contribution in [2.24, 2.45) is 5.84 Å². The summed E-state index contributed by atoms with van der Waals surface area (Å²) < 4.78 is 0. The molecule has 0 aliphatic heterocycles. The number of nitrogens with two attached hydrogens (primary N) is 1. The minimum absolute atomic E-state index is 0.0226. The lowest BCUT2D eigenvalue weighted by atomic mass is 10.2. The molecule has 0 aliphatic rings. The third kappa shape index (κ3) is 3.39. The van der Waals surface area contributed by atoms with E-state index in [-0.39, 0.29) is 5.69 Å². The van der Waals surface area contributed by atoms with Gasteiger partial charge in [-0.05, 0) is 12.5 Å². The third-order valence-electron chi connectivity index (χ3n) is 2.15. The number of nitrogen functional groups attached to an aromatic ring is 1. The number of non-ortho nitro benzene ring substituents is 1. The Hall–Kier alpha value is -1.82. The van der Waals surface area contributed by atoms with Crippen LogP contribution in [0.4, 0.5) is 17.1 Å². The number of nitro groups is 1. The highest BCUT2D eigenvalue weighted by atomic mass is 16.6. The predicted molar refractivity (Wildman–Crippen MR) is 64.3 cm³/mol. The normalized spacial score (nSPS) is 9.88. The Morgan fingerprint density at radius 3 is 2.62 bits per heavy atom. The van der Waals surface area contributed by atoms with Crippen LogP contribution in [0.25, 0.3) is 0 Å². The molecule has 0 spiro atoms. The Balaban J connectivity index is 2.82. The van der Waals surface area contributed by atoms with E-state index in [1.54, 1.807) is 6.07 Å². The number of nitrogens with one attached hydrogen (secondary N) is 2. The van der Waals surface area contributed by atoms with Crippen molar-refractivity contribution < 1.29 is 4.92 Å². The molecule has 1 rings (SSSR count). The summed E-state index contributed by atoms with van der Waals surface area (Å²) in [5.74, 6) is 5.24. The topological polar surface area (TPSA) is 93.2 Å². The number of nitrogens with zero attached hydrogens (tertiary/aromatic N) is 1. The van der Waals surface area contributed by atoms with Gasteiger partial charge in [0.25, 0.3) is 5.69 Å². The van der Waals surface area contributed by atoms with Crippen LogP contribution in [0, 0.1) is 10.1 Å². The first-order valence-corrected chi connectivity index (χ1v) is 5.17. The molecule has 0 fully saturated rings. The number of anilines is 2. The molecule has 0 unspecified atom stereocenters. The molecule has 0 aliphatic carbocycles. The van der Waals surface area contributed by atoms with E-state index in [1.165, 1.54) is 12.1 Å². The zero-order valence-corrected chi connectivity index (χ0v) is 9.19. The molecule has 0 heterocycles. The van der Waals surface area contributed by atoms with Crippen molar-refractivity contribution in [3.63, 3.8) is 0 Å². The predicted octanol–water partition coefficient (Wildman–Crippen LogP) is 2.09. The lowest BCUT2D eigenvalue weighted by Gasteiger charge is -2.07. The summed E-state index contributed by atoms with van der Waals surface area (Å²) in [5.41, 5.74) is 3.66. The summed E-state index contributed by atoms with van der Waals surface area (Å²) in [5, 5.41) is 13.8. The maximum atomic E-state index is 10.7. The molecular formula is C10H16N4O2. The van der Waals surface area contributed by atoms with Crippen molar-refractivity contribution in [2.75, 3.05) is 17.3 Å². The van der Waals surface area contributed by atoms with E-state index < -0.39 is 4.92 Å². The number of hydrogen-bond acceptors (Lipinski definition) is 5. The van der Waals surface area contributed by atoms with Crippen LogP contribution >= 0.6 is 0 Å². The monoisotopic (exact) mass is 224 g/mol. The van der Waals surface area contributed by atoms with Crippen LogP contribution in [0.5, 0.6) is 0 Å². The molecule has 0 bridgehead atoms. The number of benzene rings is 1. The summed E-state index contributed by atoms with van der Waals surface area (Å²) >= 11 is 0. The van der Waals surface area contributed by atoms with Gasteiger partial charge in [-0.1, -0.05) is 13.3 Å². The van der Waals surface area contributed by atoms with Crippen LogP contribution in [0.2, 0.25) is 0 Å². The molecule has 6 heteroatoms. The zero-order valence-electron chi connectivity index (χ0n) is 9.19. The van der Waals surface area contributed by atoms with Crippen LogP contribution in [-0.2, 0) is 0 Å². The number of unbranched alkanes of at least 4 members (excludes halogenated alkanes) is 1. The third-order valence-corrected chi connectivity index (χ3v) is 2.15. The maximum absolute atomic E-state index is 10.7. The summed E-state index contributed by atoms with van der Waals surface area (Å²) in [4.78, 5) is 10.2. The maximum Gasteiger partial charge on any atom is 0.273 e. The van der Waals surface area contributed by atoms with Gasteiger partial charge in [0.05, 0.1) is 10.6 Å². The molecule has 0 radical (unpaired) electrons. The van der Waals surface area contributed by atoms with Crippen LogP contribution in [-0.4, -0.2) is 11.5 Å².